The zero-order valence-corrected chi connectivity index (χ0v) is 10.6. The Bertz CT molecular complexity index is 326. The SMILES string of the molecule is NCC(OCC1CCOC1)c1ccc(Cl)s1. The van der Waals surface area contributed by atoms with E-state index in [4.69, 9.17) is 26.8 Å². The van der Waals surface area contributed by atoms with Gasteiger partial charge in [-0.1, -0.05) is 11.6 Å². The molecule has 1 aliphatic heterocycles. The maximum atomic E-state index is 5.89. The molecule has 1 aliphatic rings. The smallest absolute Gasteiger partial charge is 0.104 e. The average molecular weight is 262 g/mol. The lowest BCUT2D eigenvalue weighted by Crippen LogP contribution is -2.19. The van der Waals surface area contributed by atoms with E-state index in [1.165, 1.54) is 11.3 Å². The Kier molecular flexibility index (Phi) is 4.61. The van der Waals surface area contributed by atoms with Gasteiger partial charge in [-0.2, -0.15) is 0 Å². The van der Waals surface area contributed by atoms with Crippen molar-refractivity contribution in [2.45, 2.75) is 12.5 Å². The third-order valence-electron chi connectivity index (χ3n) is 2.68. The zero-order valence-electron chi connectivity index (χ0n) is 9.02. The molecule has 0 aromatic carbocycles. The quantitative estimate of drug-likeness (QED) is 0.886. The average Bonchev–Trinajstić information content (AvgIpc) is 2.91. The highest BCUT2D eigenvalue weighted by atomic mass is 35.5. The maximum absolute atomic E-state index is 5.89. The second kappa shape index (κ2) is 5.98. The largest absolute Gasteiger partial charge is 0.381 e. The van der Waals surface area contributed by atoms with E-state index >= 15 is 0 Å². The van der Waals surface area contributed by atoms with Crippen LogP contribution >= 0.6 is 22.9 Å². The molecular weight excluding hydrogens is 246 g/mol. The Morgan fingerprint density at radius 3 is 3.06 bits per heavy atom. The summed E-state index contributed by atoms with van der Waals surface area (Å²) in [4.78, 5) is 1.10. The molecule has 2 unspecified atom stereocenters. The van der Waals surface area contributed by atoms with Gasteiger partial charge in [-0.15, -0.1) is 11.3 Å². The van der Waals surface area contributed by atoms with Crippen LogP contribution in [0.25, 0.3) is 0 Å². The molecule has 0 spiro atoms. The van der Waals surface area contributed by atoms with E-state index in [1.807, 2.05) is 12.1 Å². The van der Waals surface area contributed by atoms with Crippen LogP contribution in [-0.2, 0) is 9.47 Å². The molecule has 90 valence electrons. The number of halogens is 1. The lowest BCUT2D eigenvalue weighted by atomic mass is 10.1. The molecule has 1 aromatic heterocycles. The molecule has 1 fully saturated rings. The molecule has 5 heteroatoms. The van der Waals surface area contributed by atoms with Crippen molar-refractivity contribution >= 4 is 22.9 Å². The second-order valence-corrected chi connectivity index (χ2v) is 5.68. The molecule has 1 saturated heterocycles. The van der Waals surface area contributed by atoms with Crippen molar-refractivity contribution in [1.29, 1.82) is 0 Å². The van der Waals surface area contributed by atoms with Gasteiger partial charge in [-0.25, -0.2) is 0 Å². The van der Waals surface area contributed by atoms with Crippen LogP contribution in [-0.4, -0.2) is 26.4 Å². The van der Waals surface area contributed by atoms with Crippen LogP contribution in [0.2, 0.25) is 4.34 Å². The summed E-state index contributed by atoms with van der Waals surface area (Å²) in [6.45, 7) is 2.87. The van der Waals surface area contributed by atoms with Gasteiger partial charge in [-0.3, -0.25) is 0 Å². The molecule has 0 saturated carbocycles. The van der Waals surface area contributed by atoms with Crippen molar-refractivity contribution in [3.05, 3.63) is 21.3 Å². The highest BCUT2D eigenvalue weighted by Gasteiger charge is 2.19. The first-order valence-corrected chi connectivity index (χ1v) is 6.63. The first-order valence-electron chi connectivity index (χ1n) is 5.44. The van der Waals surface area contributed by atoms with Crippen LogP contribution < -0.4 is 5.73 Å². The van der Waals surface area contributed by atoms with E-state index in [0.29, 0.717) is 12.5 Å². The second-order valence-electron chi connectivity index (χ2n) is 3.93. The van der Waals surface area contributed by atoms with Gasteiger partial charge in [0.1, 0.15) is 6.10 Å². The highest BCUT2D eigenvalue weighted by Crippen LogP contribution is 2.29. The van der Waals surface area contributed by atoms with E-state index in [2.05, 4.69) is 0 Å². The minimum atomic E-state index is -0.0295. The summed E-state index contributed by atoms with van der Waals surface area (Å²) in [5.41, 5.74) is 5.71. The van der Waals surface area contributed by atoms with Gasteiger partial charge in [0.25, 0.3) is 0 Å². The third kappa shape index (κ3) is 3.18. The summed E-state index contributed by atoms with van der Waals surface area (Å²) in [5.74, 6) is 0.518. The Morgan fingerprint density at radius 1 is 1.62 bits per heavy atom. The third-order valence-corrected chi connectivity index (χ3v) is 4.01. The van der Waals surface area contributed by atoms with Crippen LogP contribution in [0.1, 0.15) is 17.4 Å². The van der Waals surface area contributed by atoms with Crippen LogP contribution in [0, 0.1) is 5.92 Å². The Hall–Kier alpha value is -0.130. The Labute approximate surface area is 104 Å². The number of ether oxygens (including phenoxy) is 2. The van der Waals surface area contributed by atoms with E-state index in [-0.39, 0.29) is 6.10 Å². The molecule has 0 bridgehead atoms. The predicted octanol–water partition coefficient (Wildman–Crippen LogP) is 2.45. The fourth-order valence-electron chi connectivity index (χ4n) is 1.73. The van der Waals surface area contributed by atoms with Crippen LogP contribution in [0.4, 0.5) is 0 Å². The van der Waals surface area contributed by atoms with Gasteiger partial charge in [0.2, 0.25) is 0 Å². The van der Waals surface area contributed by atoms with Crippen molar-refractivity contribution < 1.29 is 9.47 Å². The maximum Gasteiger partial charge on any atom is 0.104 e. The fraction of sp³-hybridized carbons (Fsp3) is 0.636. The van der Waals surface area contributed by atoms with Crippen molar-refractivity contribution in [3.8, 4) is 0 Å². The minimum Gasteiger partial charge on any atom is -0.381 e. The summed E-state index contributed by atoms with van der Waals surface area (Å²) >= 11 is 7.42. The van der Waals surface area contributed by atoms with E-state index < -0.39 is 0 Å². The summed E-state index contributed by atoms with van der Waals surface area (Å²) in [6.07, 6.45) is 1.06. The standard InChI is InChI=1S/C11H16ClNO2S/c12-11-2-1-10(16-11)9(5-13)15-7-8-3-4-14-6-8/h1-2,8-9H,3-7,13H2. The molecule has 0 aliphatic carbocycles. The first-order chi connectivity index (χ1) is 7.79. The van der Waals surface area contributed by atoms with Gasteiger partial charge in [0, 0.05) is 23.9 Å². The Morgan fingerprint density at radius 2 is 2.50 bits per heavy atom. The zero-order chi connectivity index (χ0) is 11.4. The fourth-order valence-corrected chi connectivity index (χ4v) is 2.86. The van der Waals surface area contributed by atoms with Crippen LogP contribution in [0.15, 0.2) is 12.1 Å². The lowest BCUT2D eigenvalue weighted by molar-refractivity contribution is 0.0321. The van der Waals surface area contributed by atoms with E-state index in [0.717, 1.165) is 35.5 Å². The lowest BCUT2D eigenvalue weighted by Gasteiger charge is -2.16. The molecule has 2 N–H and O–H groups in total. The molecule has 0 amide bonds. The molecule has 1 aromatic rings. The van der Waals surface area contributed by atoms with Crippen LogP contribution in [0.5, 0.6) is 0 Å². The number of hydrogen-bond donors (Lipinski definition) is 1. The number of thiophene rings is 1. The summed E-state index contributed by atoms with van der Waals surface area (Å²) in [5, 5.41) is 0. The Balaban J connectivity index is 1.85. The van der Waals surface area contributed by atoms with E-state index in [9.17, 15) is 0 Å². The molecular formula is C11H16ClNO2S. The predicted molar refractivity (Wildman–Crippen MR) is 66.0 cm³/mol. The summed E-state index contributed by atoms with van der Waals surface area (Å²) < 4.78 is 11.9. The molecule has 2 rings (SSSR count). The van der Waals surface area contributed by atoms with Gasteiger partial charge in [0.15, 0.2) is 0 Å². The first kappa shape index (κ1) is 12.3. The summed E-state index contributed by atoms with van der Waals surface area (Å²) in [7, 11) is 0. The topological polar surface area (TPSA) is 44.5 Å². The molecule has 0 radical (unpaired) electrons. The van der Waals surface area contributed by atoms with Gasteiger partial charge >= 0.3 is 0 Å². The number of nitrogens with two attached hydrogens (primary N) is 1. The van der Waals surface area contributed by atoms with Crippen molar-refractivity contribution in [2.24, 2.45) is 11.7 Å². The molecule has 2 atom stereocenters. The van der Waals surface area contributed by atoms with Gasteiger partial charge in [-0.05, 0) is 18.6 Å². The van der Waals surface area contributed by atoms with Crippen LogP contribution in [0.3, 0.4) is 0 Å². The molecule has 16 heavy (non-hydrogen) atoms. The normalized spacial score (nSPS) is 22.5. The summed E-state index contributed by atoms with van der Waals surface area (Å²) in [6, 6.07) is 3.86. The van der Waals surface area contributed by atoms with Crippen molar-refractivity contribution in [2.75, 3.05) is 26.4 Å². The van der Waals surface area contributed by atoms with Crippen molar-refractivity contribution in [3.63, 3.8) is 0 Å². The minimum absolute atomic E-state index is 0.0295. The number of hydrogen-bond acceptors (Lipinski definition) is 4. The molecule has 2 heterocycles. The van der Waals surface area contributed by atoms with E-state index in [1.54, 1.807) is 0 Å². The monoisotopic (exact) mass is 261 g/mol. The van der Waals surface area contributed by atoms with Gasteiger partial charge in [0.05, 0.1) is 17.6 Å². The van der Waals surface area contributed by atoms with Gasteiger partial charge < -0.3 is 15.2 Å². The van der Waals surface area contributed by atoms with Crippen molar-refractivity contribution in [1.82, 2.24) is 0 Å². The molecule has 3 nitrogen and oxygen atoms in total. The number of rotatable bonds is 5. The highest BCUT2D eigenvalue weighted by molar-refractivity contribution is 7.16.